The molecule has 32 heavy (non-hydrogen) atoms. The molecule has 0 N–H and O–H groups in total. The highest BCUT2D eigenvalue weighted by molar-refractivity contribution is 8.01. The monoisotopic (exact) mass is 496 g/mol. The first kappa shape index (κ1) is 21.3. The van der Waals surface area contributed by atoms with Gasteiger partial charge in [-0.15, -0.1) is 22.9 Å². The van der Waals surface area contributed by atoms with Gasteiger partial charge in [-0.25, -0.2) is 0 Å². The summed E-state index contributed by atoms with van der Waals surface area (Å²) in [5.41, 5.74) is 0.674. The zero-order valence-corrected chi connectivity index (χ0v) is 19.5. The maximum atomic E-state index is 12.2. The van der Waals surface area contributed by atoms with Crippen LogP contribution in [-0.4, -0.2) is 4.71 Å². The molecule has 0 saturated heterocycles. The number of hydrogen-bond donors (Lipinski definition) is 0. The standard InChI is InChI=1S/C13H7ClOS.C12H7ClO2S/c14-8-5-6-12-10(7-8)13(15)9-3-1-2-4-11(9)16-12;13-10-6-5-9-12(16-10)11(14)7-3-1-2-4-8(7)15-9/h1-7H;1-6,10H. The first-order valence-corrected chi connectivity index (χ1v) is 12.2. The van der Waals surface area contributed by atoms with E-state index in [0.717, 1.165) is 14.8 Å². The average molecular weight is 497 g/mol. The molecular formula is C25H14Cl2O3S2. The van der Waals surface area contributed by atoms with Gasteiger partial charge in [0.25, 0.3) is 0 Å². The minimum Gasteiger partial charge on any atom is -0.455 e. The highest BCUT2D eigenvalue weighted by Crippen LogP contribution is 2.34. The average Bonchev–Trinajstić information content (AvgIpc) is 2.81. The van der Waals surface area contributed by atoms with E-state index in [2.05, 4.69) is 0 Å². The van der Waals surface area contributed by atoms with Crippen LogP contribution in [0.15, 0.2) is 91.7 Å². The van der Waals surface area contributed by atoms with Crippen molar-refractivity contribution in [3.8, 4) is 0 Å². The molecule has 1 unspecified atom stereocenters. The lowest BCUT2D eigenvalue weighted by atomic mass is 10.2. The molecule has 1 aliphatic heterocycles. The molecule has 3 heterocycles. The van der Waals surface area contributed by atoms with Gasteiger partial charge < -0.3 is 4.42 Å². The van der Waals surface area contributed by atoms with E-state index in [4.69, 9.17) is 27.6 Å². The SMILES string of the molecule is O=c1c2c(oc3ccccc13)C=CC(Cl)S2.O=c1c2ccccc2sc2ccc(Cl)cc12. The molecule has 158 valence electrons. The first-order valence-electron chi connectivity index (χ1n) is 9.67. The van der Waals surface area contributed by atoms with Crippen molar-refractivity contribution in [2.75, 3.05) is 0 Å². The van der Waals surface area contributed by atoms with E-state index < -0.39 is 0 Å². The van der Waals surface area contributed by atoms with Gasteiger partial charge in [0.1, 0.15) is 20.9 Å². The van der Waals surface area contributed by atoms with Crippen LogP contribution in [0.4, 0.5) is 0 Å². The molecule has 2 aromatic heterocycles. The fourth-order valence-electron chi connectivity index (χ4n) is 3.45. The fraction of sp³-hybridized carbons (Fsp3) is 0.0400. The Hall–Kier alpha value is -2.57. The highest BCUT2D eigenvalue weighted by Gasteiger charge is 2.19. The molecule has 0 saturated carbocycles. The third-order valence-corrected chi connectivity index (χ3v) is 7.75. The Morgan fingerprint density at radius 1 is 0.812 bits per heavy atom. The Balaban J connectivity index is 0.000000135. The molecule has 1 atom stereocenters. The molecule has 0 radical (unpaired) electrons. The summed E-state index contributed by atoms with van der Waals surface area (Å²) in [6.07, 6.45) is 3.57. The summed E-state index contributed by atoms with van der Waals surface area (Å²) in [5.74, 6) is 0.602. The second-order valence-corrected chi connectivity index (χ2v) is 10.4. The molecule has 0 fully saturated rings. The number of rotatable bonds is 0. The maximum Gasteiger partial charge on any atom is 0.206 e. The van der Waals surface area contributed by atoms with E-state index in [9.17, 15) is 9.59 Å². The Bertz CT molecular complexity index is 1640. The summed E-state index contributed by atoms with van der Waals surface area (Å²) in [5, 5.41) is 2.68. The summed E-state index contributed by atoms with van der Waals surface area (Å²) < 4.78 is 7.45. The molecule has 7 heteroatoms. The number of halogens is 2. The molecule has 1 aliphatic rings. The van der Waals surface area contributed by atoms with Crippen molar-refractivity contribution in [3.05, 3.63) is 104 Å². The van der Waals surface area contributed by atoms with E-state index >= 15 is 0 Å². The van der Waals surface area contributed by atoms with Gasteiger partial charge in [-0.2, -0.15) is 0 Å². The van der Waals surface area contributed by atoms with Crippen molar-refractivity contribution >= 4 is 83.5 Å². The third-order valence-electron chi connectivity index (χ3n) is 4.95. The molecule has 0 amide bonds. The van der Waals surface area contributed by atoms with Gasteiger partial charge in [0.05, 0.1) is 5.39 Å². The summed E-state index contributed by atoms with van der Waals surface area (Å²) in [6, 6.07) is 20.3. The number of thioether (sulfide) groups is 1. The van der Waals surface area contributed by atoms with Crippen LogP contribution >= 0.6 is 46.3 Å². The van der Waals surface area contributed by atoms with Crippen LogP contribution in [0.25, 0.3) is 37.2 Å². The van der Waals surface area contributed by atoms with Gasteiger partial charge in [-0.1, -0.05) is 53.7 Å². The zero-order chi connectivity index (χ0) is 22.2. The highest BCUT2D eigenvalue weighted by atomic mass is 35.5. The smallest absolute Gasteiger partial charge is 0.206 e. The summed E-state index contributed by atoms with van der Waals surface area (Å²) in [6.45, 7) is 0. The normalized spacial score (nSPS) is 14.9. The second-order valence-electron chi connectivity index (χ2n) is 7.02. The summed E-state index contributed by atoms with van der Waals surface area (Å²) in [4.78, 5) is 24.9. The largest absolute Gasteiger partial charge is 0.455 e. The number of benzene rings is 3. The quantitative estimate of drug-likeness (QED) is 0.164. The van der Waals surface area contributed by atoms with Crippen LogP contribution in [0.3, 0.4) is 0 Å². The molecular weight excluding hydrogens is 483 g/mol. The molecule has 6 rings (SSSR count). The second kappa shape index (κ2) is 8.75. The predicted octanol–water partition coefficient (Wildman–Crippen LogP) is 7.54. The van der Waals surface area contributed by atoms with Crippen LogP contribution in [-0.2, 0) is 0 Å². The fourth-order valence-corrected chi connectivity index (χ4v) is 5.84. The number of para-hydroxylation sites is 1. The van der Waals surface area contributed by atoms with Crippen LogP contribution < -0.4 is 10.9 Å². The van der Waals surface area contributed by atoms with Crippen LogP contribution in [0.5, 0.6) is 0 Å². The summed E-state index contributed by atoms with van der Waals surface area (Å²) >= 11 is 14.8. The zero-order valence-electron chi connectivity index (χ0n) is 16.4. The number of fused-ring (bicyclic) bond motifs is 4. The van der Waals surface area contributed by atoms with Gasteiger partial charge in [0, 0.05) is 25.2 Å². The van der Waals surface area contributed by atoms with Gasteiger partial charge in [-0.05, 0) is 48.5 Å². The molecule has 0 spiro atoms. The lowest BCUT2D eigenvalue weighted by molar-refractivity contribution is 0.574. The molecule has 5 aromatic rings. The molecule has 3 nitrogen and oxygen atoms in total. The first-order chi connectivity index (χ1) is 15.5. The van der Waals surface area contributed by atoms with E-state index in [1.165, 1.54) is 11.8 Å². The van der Waals surface area contributed by atoms with E-state index in [1.807, 2.05) is 54.6 Å². The van der Waals surface area contributed by atoms with Gasteiger partial charge >= 0.3 is 0 Å². The Morgan fingerprint density at radius 2 is 1.53 bits per heavy atom. The number of alkyl halides is 1. The minimum atomic E-state index is -0.198. The van der Waals surface area contributed by atoms with Gasteiger partial charge in [0.2, 0.25) is 5.43 Å². The lowest BCUT2D eigenvalue weighted by Crippen LogP contribution is -2.10. The molecule has 0 bridgehead atoms. The van der Waals surface area contributed by atoms with Gasteiger partial charge in [0.15, 0.2) is 5.43 Å². The topological polar surface area (TPSA) is 47.3 Å². The Kier molecular flexibility index (Phi) is 5.82. The molecule has 3 aromatic carbocycles. The van der Waals surface area contributed by atoms with Crippen molar-refractivity contribution in [2.45, 2.75) is 9.60 Å². The van der Waals surface area contributed by atoms with Crippen molar-refractivity contribution in [2.24, 2.45) is 0 Å². The Labute approximate surface area is 200 Å². The van der Waals surface area contributed by atoms with E-state index in [1.54, 1.807) is 35.6 Å². The Morgan fingerprint density at radius 3 is 2.38 bits per heavy atom. The van der Waals surface area contributed by atoms with Crippen molar-refractivity contribution < 1.29 is 4.42 Å². The predicted molar refractivity (Wildman–Crippen MR) is 138 cm³/mol. The van der Waals surface area contributed by atoms with Crippen LogP contribution in [0.1, 0.15) is 5.76 Å². The number of hydrogen-bond acceptors (Lipinski definition) is 5. The van der Waals surface area contributed by atoms with Crippen molar-refractivity contribution in [3.63, 3.8) is 0 Å². The molecule has 0 aliphatic carbocycles. The van der Waals surface area contributed by atoms with Gasteiger partial charge in [-0.3, -0.25) is 9.59 Å². The van der Waals surface area contributed by atoms with E-state index in [-0.39, 0.29) is 15.6 Å². The third kappa shape index (κ3) is 3.97. The van der Waals surface area contributed by atoms with Crippen molar-refractivity contribution in [1.29, 1.82) is 0 Å². The van der Waals surface area contributed by atoms with Crippen LogP contribution in [0, 0.1) is 0 Å². The van der Waals surface area contributed by atoms with Crippen molar-refractivity contribution in [1.82, 2.24) is 0 Å². The van der Waals surface area contributed by atoms with E-state index in [0.29, 0.717) is 32.0 Å². The lowest BCUT2D eigenvalue weighted by Gasteiger charge is -2.12. The van der Waals surface area contributed by atoms with Crippen LogP contribution in [0.2, 0.25) is 5.02 Å². The minimum absolute atomic E-state index is 0.00292. The summed E-state index contributed by atoms with van der Waals surface area (Å²) in [7, 11) is 0. The maximum absolute atomic E-state index is 12.2.